The van der Waals surface area contributed by atoms with Crippen molar-refractivity contribution in [2.75, 3.05) is 0 Å². The van der Waals surface area contributed by atoms with E-state index >= 15 is 0 Å². The van der Waals surface area contributed by atoms with Crippen LogP contribution in [0, 0.1) is 5.92 Å². The largest absolute Gasteiger partial charge is 0.480 e. The number of carboxylic acid groups (broad SMARTS) is 1. The van der Waals surface area contributed by atoms with Gasteiger partial charge in [0, 0.05) is 29.9 Å². The average molecular weight is 593 g/mol. The summed E-state index contributed by atoms with van der Waals surface area (Å²) in [6, 6.07) is 11.9. The third-order valence-electron chi connectivity index (χ3n) is 7.00. The van der Waals surface area contributed by atoms with Gasteiger partial charge in [0.25, 0.3) is 0 Å². The molecule has 0 saturated carbocycles. The summed E-state index contributed by atoms with van der Waals surface area (Å²) in [7, 11) is 0. The van der Waals surface area contributed by atoms with Crippen molar-refractivity contribution >= 4 is 40.5 Å². The molecule has 230 valence electrons. The van der Waals surface area contributed by atoms with Crippen LogP contribution < -0.4 is 27.4 Å². The summed E-state index contributed by atoms with van der Waals surface area (Å²) in [6.45, 7) is 3.67. The summed E-state index contributed by atoms with van der Waals surface area (Å²) in [5.41, 5.74) is 13.8. The van der Waals surface area contributed by atoms with Crippen LogP contribution in [0.3, 0.4) is 0 Å². The van der Waals surface area contributed by atoms with Gasteiger partial charge in [0.05, 0.1) is 6.04 Å². The lowest BCUT2D eigenvalue weighted by Gasteiger charge is -2.25. The first-order valence-electron chi connectivity index (χ1n) is 14.2. The van der Waals surface area contributed by atoms with E-state index in [1.54, 1.807) is 6.20 Å². The first kappa shape index (κ1) is 32.8. The lowest BCUT2D eigenvalue weighted by atomic mass is 10.0. The average Bonchev–Trinajstić information content (AvgIpc) is 3.37. The molecular weight excluding hydrogens is 552 g/mol. The summed E-state index contributed by atoms with van der Waals surface area (Å²) in [6.07, 6.45) is 1.81. The summed E-state index contributed by atoms with van der Waals surface area (Å²) in [5, 5.41) is 18.3. The van der Waals surface area contributed by atoms with E-state index in [2.05, 4.69) is 20.9 Å². The van der Waals surface area contributed by atoms with Crippen LogP contribution in [0.5, 0.6) is 0 Å². The molecule has 0 radical (unpaired) electrons. The normalized spacial score (nSPS) is 14.0. The van der Waals surface area contributed by atoms with E-state index in [9.17, 15) is 29.1 Å². The molecule has 12 heteroatoms. The highest BCUT2D eigenvalue weighted by Crippen LogP contribution is 2.19. The van der Waals surface area contributed by atoms with Crippen molar-refractivity contribution in [2.45, 2.75) is 70.1 Å². The van der Waals surface area contributed by atoms with Gasteiger partial charge in [0.15, 0.2) is 0 Å². The highest BCUT2D eigenvalue weighted by Gasteiger charge is 2.31. The molecule has 3 rings (SSSR count). The number of nitrogens with two attached hydrogens (primary N) is 2. The third-order valence-corrected chi connectivity index (χ3v) is 7.00. The lowest BCUT2D eigenvalue weighted by molar-refractivity contribution is -0.142. The van der Waals surface area contributed by atoms with E-state index < -0.39 is 53.8 Å². The zero-order valence-electron chi connectivity index (χ0n) is 24.3. The number of para-hydroxylation sites is 1. The van der Waals surface area contributed by atoms with Gasteiger partial charge in [-0.2, -0.15) is 0 Å². The van der Waals surface area contributed by atoms with Crippen LogP contribution in [0.15, 0.2) is 60.8 Å². The number of nitrogens with one attached hydrogen (secondary N) is 4. The molecule has 0 aliphatic carbocycles. The van der Waals surface area contributed by atoms with E-state index in [-0.39, 0.29) is 38.0 Å². The van der Waals surface area contributed by atoms with Gasteiger partial charge in [-0.25, -0.2) is 4.79 Å². The number of H-pyrrole nitrogens is 1. The lowest BCUT2D eigenvalue weighted by Crippen LogP contribution is -2.58. The van der Waals surface area contributed by atoms with Gasteiger partial charge in [-0.05, 0) is 42.4 Å². The summed E-state index contributed by atoms with van der Waals surface area (Å²) < 4.78 is 0. The summed E-state index contributed by atoms with van der Waals surface area (Å²) in [5.74, 6) is -3.94. The molecular formula is C31H40N6O6. The summed E-state index contributed by atoms with van der Waals surface area (Å²) in [4.78, 5) is 66.6. The minimum atomic E-state index is -1.23. The smallest absolute Gasteiger partial charge is 0.326 e. The van der Waals surface area contributed by atoms with Gasteiger partial charge in [0.2, 0.25) is 23.6 Å². The molecule has 0 saturated heterocycles. The quantitative estimate of drug-likeness (QED) is 0.129. The Labute approximate surface area is 250 Å². The number of primary amides is 1. The molecule has 4 unspecified atom stereocenters. The van der Waals surface area contributed by atoms with Gasteiger partial charge in [-0.15, -0.1) is 0 Å². The Balaban J connectivity index is 1.83. The maximum Gasteiger partial charge on any atom is 0.326 e. The number of aliphatic carboxylic acids is 1. The minimum absolute atomic E-state index is 0.0171. The number of hydrogen-bond acceptors (Lipinski definition) is 6. The fourth-order valence-corrected chi connectivity index (χ4v) is 4.76. The number of amides is 4. The number of rotatable bonds is 16. The van der Waals surface area contributed by atoms with Crippen molar-refractivity contribution in [2.24, 2.45) is 17.4 Å². The number of hydrogen-bond donors (Lipinski definition) is 7. The van der Waals surface area contributed by atoms with Crippen molar-refractivity contribution in [3.8, 4) is 0 Å². The number of carbonyl (C=O) groups is 5. The van der Waals surface area contributed by atoms with Crippen molar-refractivity contribution in [1.29, 1.82) is 0 Å². The van der Waals surface area contributed by atoms with Crippen LogP contribution in [0.25, 0.3) is 10.9 Å². The second kappa shape index (κ2) is 15.5. The van der Waals surface area contributed by atoms with Crippen molar-refractivity contribution < 1.29 is 29.1 Å². The molecule has 0 aliphatic heterocycles. The second-order valence-electron chi connectivity index (χ2n) is 11.0. The van der Waals surface area contributed by atoms with Gasteiger partial charge < -0.3 is 37.5 Å². The number of benzene rings is 2. The molecule has 43 heavy (non-hydrogen) atoms. The van der Waals surface area contributed by atoms with E-state index in [4.69, 9.17) is 11.5 Å². The Morgan fingerprint density at radius 3 is 2.07 bits per heavy atom. The molecule has 2 aromatic carbocycles. The Morgan fingerprint density at radius 1 is 0.814 bits per heavy atom. The SMILES string of the molecule is CC(C)CC(NC(=O)C(Cc1c[nH]c2ccccc12)NC(=O)C(CCC(N)=O)NC(=O)C(N)Cc1ccccc1)C(=O)O. The first-order valence-corrected chi connectivity index (χ1v) is 14.2. The zero-order chi connectivity index (χ0) is 31.5. The molecule has 0 aliphatic rings. The molecule has 0 fully saturated rings. The van der Waals surface area contributed by atoms with Crippen molar-refractivity contribution in [3.63, 3.8) is 0 Å². The molecule has 3 aromatic rings. The van der Waals surface area contributed by atoms with Crippen LogP contribution >= 0.6 is 0 Å². The molecule has 1 heterocycles. The Kier molecular flexibility index (Phi) is 11.8. The fourth-order valence-electron chi connectivity index (χ4n) is 4.76. The Morgan fingerprint density at radius 2 is 1.42 bits per heavy atom. The van der Waals surface area contributed by atoms with E-state index in [1.807, 2.05) is 68.4 Å². The van der Waals surface area contributed by atoms with E-state index in [1.165, 1.54) is 0 Å². The van der Waals surface area contributed by atoms with Crippen LogP contribution in [0.1, 0.15) is 44.2 Å². The number of carbonyl (C=O) groups excluding carboxylic acids is 4. The molecule has 9 N–H and O–H groups in total. The number of aromatic amines is 1. The van der Waals surface area contributed by atoms with E-state index in [0.717, 1.165) is 22.0 Å². The van der Waals surface area contributed by atoms with Gasteiger partial charge in [0.1, 0.15) is 18.1 Å². The van der Waals surface area contributed by atoms with Crippen LogP contribution in [-0.2, 0) is 36.8 Å². The molecule has 1 aromatic heterocycles. The number of aromatic nitrogens is 1. The Hall–Kier alpha value is -4.71. The second-order valence-corrected chi connectivity index (χ2v) is 11.0. The van der Waals surface area contributed by atoms with Crippen LogP contribution in [0.4, 0.5) is 0 Å². The highest BCUT2D eigenvalue weighted by atomic mass is 16.4. The fraction of sp³-hybridized carbons (Fsp3) is 0.387. The first-order chi connectivity index (χ1) is 20.4. The van der Waals surface area contributed by atoms with Crippen LogP contribution in [0.2, 0.25) is 0 Å². The number of carboxylic acids is 1. The molecule has 4 atom stereocenters. The standard InChI is InChI=1S/C31H40N6O6/c1-18(2)14-26(31(42)43)37-30(41)25(16-20-17-34-23-11-7-6-10-21(20)23)36-29(40)24(12-13-27(33)38)35-28(39)22(32)15-19-8-4-3-5-9-19/h3-11,17-18,22,24-26,34H,12-16,32H2,1-2H3,(H2,33,38)(H,35,39)(H,36,40)(H,37,41)(H,42,43). The van der Waals surface area contributed by atoms with Gasteiger partial charge in [-0.1, -0.05) is 62.4 Å². The van der Waals surface area contributed by atoms with Crippen molar-refractivity contribution in [1.82, 2.24) is 20.9 Å². The van der Waals surface area contributed by atoms with E-state index in [0.29, 0.717) is 0 Å². The van der Waals surface area contributed by atoms with Crippen molar-refractivity contribution in [3.05, 3.63) is 71.9 Å². The molecule has 12 nitrogen and oxygen atoms in total. The predicted octanol–water partition coefficient (Wildman–Crippen LogP) is 1.13. The Bertz CT molecular complexity index is 1420. The minimum Gasteiger partial charge on any atom is -0.480 e. The third kappa shape index (κ3) is 9.96. The maximum atomic E-state index is 13.6. The topological polar surface area (TPSA) is 210 Å². The molecule has 4 amide bonds. The molecule has 0 bridgehead atoms. The van der Waals surface area contributed by atoms with Gasteiger partial charge >= 0.3 is 5.97 Å². The maximum absolute atomic E-state index is 13.6. The highest BCUT2D eigenvalue weighted by molar-refractivity contribution is 5.95. The summed E-state index contributed by atoms with van der Waals surface area (Å²) >= 11 is 0. The monoisotopic (exact) mass is 592 g/mol. The predicted molar refractivity (Wildman–Crippen MR) is 161 cm³/mol. The van der Waals surface area contributed by atoms with Crippen LogP contribution in [-0.4, -0.2) is 63.9 Å². The zero-order valence-corrected chi connectivity index (χ0v) is 24.3. The van der Waals surface area contributed by atoms with Gasteiger partial charge in [-0.3, -0.25) is 19.2 Å². The number of fused-ring (bicyclic) bond motifs is 1. The molecule has 0 spiro atoms.